The summed E-state index contributed by atoms with van der Waals surface area (Å²) in [6.07, 6.45) is 0.889. The molecule has 5 rings (SSSR count). The zero-order valence-electron chi connectivity index (χ0n) is 26.1. The molecular weight excluding hydrogens is 625 g/mol. The number of thiazole rings is 1. The van der Waals surface area contributed by atoms with Gasteiger partial charge in [0.2, 0.25) is 0 Å². The van der Waals surface area contributed by atoms with E-state index < -0.39 is 9.84 Å². The van der Waals surface area contributed by atoms with E-state index in [9.17, 15) is 13.2 Å². The standard InChI is InChI=1S/C33H36N6O5S2/c1-22-10-13-26(14-11-22)46(41,42)16-6-7-23-12-15-28(44-19-30-36-38-39-37-30)27(17-23)34-32(40)24-8-5-9-25(18-24)43-20-31-35-29(21-45-31)33(2,3)4/h5,8-15,17-18,21H,6-7,16,19-20H2,1-4H3,(H,34,40)(H,36,37,38,39). The van der Waals surface area contributed by atoms with Crippen LogP contribution >= 0.6 is 11.3 Å². The van der Waals surface area contributed by atoms with Crippen molar-refractivity contribution in [3.8, 4) is 11.5 Å². The summed E-state index contributed by atoms with van der Waals surface area (Å²) in [6, 6.07) is 19.2. The minimum Gasteiger partial charge on any atom is -0.486 e. The molecule has 2 heterocycles. The number of tetrazole rings is 1. The van der Waals surface area contributed by atoms with Gasteiger partial charge in [0.05, 0.1) is 22.0 Å². The van der Waals surface area contributed by atoms with E-state index in [2.05, 4.69) is 51.7 Å². The number of carbonyl (C=O) groups is 1. The highest BCUT2D eigenvalue weighted by Crippen LogP contribution is 2.29. The van der Waals surface area contributed by atoms with Crippen molar-refractivity contribution in [1.29, 1.82) is 0 Å². The van der Waals surface area contributed by atoms with E-state index in [0.29, 0.717) is 52.9 Å². The van der Waals surface area contributed by atoms with Crippen molar-refractivity contribution in [2.45, 2.75) is 64.1 Å². The van der Waals surface area contributed by atoms with Crippen LogP contribution in [-0.2, 0) is 34.9 Å². The SMILES string of the molecule is Cc1ccc(S(=O)(=O)CCCc2ccc(OCc3nnn[nH]3)c(NC(=O)c3cccc(OCc4nc(C(C)(C)C)cs4)c3)c2)cc1. The summed E-state index contributed by atoms with van der Waals surface area (Å²) >= 11 is 1.54. The molecule has 1 amide bonds. The molecule has 0 spiro atoms. The molecule has 0 saturated carbocycles. The summed E-state index contributed by atoms with van der Waals surface area (Å²) in [5, 5.41) is 19.4. The number of carbonyl (C=O) groups excluding carboxylic acids is 1. The number of sulfone groups is 1. The van der Waals surface area contributed by atoms with Crippen LogP contribution in [-0.4, -0.2) is 45.7 Å². The molecule has 5 aromatic rings. The van der Waals surface area contributed by atoms with Crippen molar-refractivity contribution in [2.24, 2.45) is 0 Å². The third kappa shape index (κ3) is 8.76. The molecule has 0 radical (unpaired) electrons. The molecule has 0 aliphatic heterocycles. The van der Waals surface area contributed by atoms with Gasteiger partial charge in [0.25, 0.3) is 5.91 Å². The number of H-pyrrole nitrogens is 1. The van der Waals surface area contributed by atoms with E-state index in [1.54, 1.807) is 72.0 Å². The topological polar surface area (TPSA) is 149 Å². The molecule has 0 saturated heterocycles. The first-order valence-corrected chi connectivity index (χ1v) is 17.3. The Morgan fingerprint density at radius 1 is 1.00 bits per heavy atom. The Balaban J connectivity index is 1.27. The number of hydrogen-bond donors (Lipinski definition) is 2. The fourth-order valence-corrected chi connectivity index (χ4v) is 6.70. The van der Waals surface area contributed by atoms with E-state index in [-0.39, 0.29) is 23.7 Å². The summed E-state index contributed by atoms with van der Waals surface area (Å²) in [7, 11) is -3.42. The summed E-state index contributed by atoms with van der Waals surface area (Å²) in [6.45, 7) is 8.61. The first kappa shape index (κ1) is 32.8. The van der Waals surface area contributed by atoms with Crippen molar-refractivity contribution in [1.82, 2.24) is 25.6 Å². The molecule has 0 fully saturated rings. The average molecular weight is 661 g/mol. The number of nitrogens with one attached hydrogen (secondary N) is 2. The van der Waals surface area contributed by atoms with Gasteiger partial charge >= 0.3 is 0 Å². The molecule has 3 aromatic carbocycles. The molecule has 0 aliphatic rings. The zero-order valence-corrected chi connectivity index (χ0v) is 27.7. The normalized spacial score (nSPS) is 11.7. The van der Waals surface area contributed by atoms with E-state index in [4.69, 9.17) is 9.47 Å². The lowest BCUT2D eigenvalue weighted by molar-refractivity contribution is 0.102. The number of rotatable bonds is 13. The Hall–Kier alpha value is -4.62. The molecular formula is C33H36N6O5S2. The van der Waals surface area contributed by atoms with Gasteiger partial charge in [-0.3, -0.25) is 4.79 Å². The monoisotopic (exact) mass is 660 g/mol. The van der Waals surface area contributed by atoms with Crippen LogP contribution in [0.5, 0.6) is 11.5 Å². The number of anilines is 1. The first-order valence-electron chi connectivity index (χ1n) is 14.7. The van der Waals surface area contributed by atoms with E-state index in [0.717, 1.165) is 21.8 Å². The first-order chi connectivity index (χ1) is 22.0. The van der Waals surface area contributed by atoms with Gasteiger partial charge in [-0.05, 0) is 78.2 Å². The fraction of sp³-hybridized carbons (Fsp3) is 0.303. The molecule has 0 aliphatic carbocycles. The zero-order chi connectivity index (χ0) is 32.7. The molecule has 0 unspecified atom stereocenters. The molecule has 0 bridgehead atoms. The van der Waals surface area contributed by atoms with Gasteiger partial charge in [0.1, 0.15) is 29.7 Å². The van der Waals surface area contributed by atoms with Gasteiger partial charge in [0, 0.05) is 16.4 Å². The number of benzene rings is 3. The van der Waals surface area contributed by atoms with Crippen LogP contribution < -0.4 is 14.8 Å². The minimum atomic E-state index is -3.42. The second kappa shape index (κ2) is 14.2. The number of aromatic amines is 1. The fourth-order valence-electron chi connectivity index (χ4n) is 4.46. The number of aromatic nitrogens is 5. The van der Waals surface area contributed by atoms with Crippen molar-refractivity contribution in [3.05, 3.63) is 105 Å². The van der Waals surface area contributed by atoms with Crippen LogP contribution in [0.2, 0.25) is 0 Å². The van der Waals surface area contributed by atoms with Gasteiger partial charge in [-0.15, -0.1) is 16.4 Å². The number of ether oxygens (including phenoxy) is 2. The Morgan fingerprint density at radius 3 is 2.52 bits per heavy atom. The highest BCUT2D eigenvalue weighted by atomic mass is 32.2. The van der Waals surface area contributed by atoms with Crippen molar-refractivity contribution in [2.75, 3.05) is 11.1 Å². The Kier molecular flexibility index (Phi) is 10.1. The smallest absolute Gasteiger partial charge is 0.255 e. The predicted octanol–water partition coefficient (Wildman–Crippen LogP) is 6.08. The quantitative estimate of drug-likeness (QED) is 0.153. The van der Waals surface area contributed by atoms with Crippen LogP contribution in [0.3, 0.4) is 0 Å². The van der Waals surface area contributed by atoms with Crippen molar-refractivity contribution in [3.63, 3.8) is 0 Å². The van der Waals surface area contributed by atoms with E-state index >= 15 is 0 Å². The lowest BCUT2D eigenvalue weighted by Crippen LogP contribution is -2.14. The van der Waals surface area contributed by atoms with Crippen LogP contribution in [0.15, 0.2) is 77.0 Å². The number of nitrogens with zero attached hydrogens (tertiary/aromatic N) is 4. The molecule has 240 valence electrons. The Morgan fingerprint density at radius 2 is 1.80 bits per heavy atom. The third-order valence-electron chi connectivity index (χ3n) is 7.08. The predicted molar refractivity (Wildman–Crippen MR) is 176 cm³/mol. The molecule has 0 atom stereocenters. The molecule has 2 aromatic heterocycles. The highest BCUT2D eigenvalue weighted by Gasteiger charge is 2.18. The lowest BCUT2D eigenvalue weighted by atomic mass is 9.93. The molecule has 13 heteroatoms. The number of hydrogen-bond acceptors (Lipinski definition) is 10. The number of aryl methyl sites for hydroxylation is 2. The summed E-state index contributed by atoms with van der Waals surface area (Å²) in [4.78, 5) is 18.4. The van der Waals surface area contributed by atoms with E-state index in [1.165, 1.54) is 0 Å². The third-order valence-corrected chi connectivity index (χ3v) is 9.72. The molecule has 11 nitrogen and oxygen atoms in total. The maximum Gasteiger partial charge on any atom is 0.255 e. The van der Waals surface area contributed by atoms with Gasteiger partial charge in [-0.1, -0.05) is 50.6 Å². The van der Waals surface area contributed by atoms with Gasteiger partial charge < -0.3 is 14.8 Å². The Labute approximate surface area is 272 Å². The number of amides is 1. The summed E-state index contributed by atoms with van der Waals surface area (Å²) in [5.41, 5.74) is 3.64. The Bertz CT molecular complexity index is 1880. The van der Waals surface area contributed by atoms with Crippen LogP contribution in [0.25, 0.3) is 0 Å². The lowest BCUT2D eigenvalue weighted by Gasteiger charge is -2.14. The maximum absolute atomic E-state index is 13.4. The molecule has 46 heavy (non-hydrogen) atoms. The molecule has 2 N–H and O–H groups in total. The second-order valence-corrected chi connectivity index (χ2v) is 14.9. The summed E-state index contributed by atoms with van der Waals surface area (Å²) in [5.74, 6) is 1.01. The van der Waals surface area contributed by atoms with E-state index in [1.807, 2.05) is 18.4 Å². The van der Waals surface area contributed by atoms with Crippen molar-refractivity contribution >= 4 is 32.8 Å². The van der Waals surface area contributed by atoms with Crippen LogP contribution in [0.4, 0.5) is 5.69 Å². The minimum absolute atomic E-state index is 0.000198. The second-order valence-electron chi connectivity index (χ2n) is 11.8. The van der Waals surface area contributed by atoms with Gasteiger partial charge in [0.15, 0.2) is 15.7 Å². The average Bonchev–Trinajstić information content (AvgIpc) is 3.73. The van der Waals surface area contributed by atoms with Gasteiger partial charge in [-0.25, -0.2) is 18.5 Å². The van der Waals surface area contributed by atoms with Gasteiger partial charge in [-0.2, -0.15) is 0 Å². The van der Waals surface area contributed by atoms with Crippen LogP contribution in [0, 0.1) is 6.92 Å². The highest BCUT2D eigenvalue weighted by molar-refractivity contribution is 7.91. The van der Waals surface area contributed by atoms with Crippen molar-refractivity contribution < 1.29 is 22.7 Å². The summed E-state index contributed by atoms with van der Waals surface area (Å²) < 4.78 is 37.6. The van der Waals surface area contributed by atoms with Crippen LogP contribution in [0.1, 0.15) is 65.2 Å². The maximum atomic E-state index is 13.4. The largest absolute Gasteiger partial charge is 0.486 e.